The van der Waals surface area contributed by atoms with Crippen LogP contribution in [0.4, 0.5) is 0 Å². The first-order valence-electron chi connectivity index (χ1n) is 6.92. The largest absolute Gasteiger partial charge is 0.0913 e. The van der Waals surface area contributed by atoms with Crippen molar-refractivity contribution >= 4 is 15.7 Å². The molecule has 2 fully saturated rings. The fourth-order valence-corrected chi connectivity index (χ4v) is 3.92. The van der Waals surface area contributed by atoms with Gasteiger partial charge in [0.2, 0.25) is 0 Å². The molecule has 0 aromatic rings. The van der Waals surface area contributed by atoms with E-state index in [4.69, 9.17) is 15.7 Å². The molecule has 16 heavy (non-hydrogen) atoms. The van der Waals surface area contributed by atoms with Gasteiger partial charge in [-0.15, -0.1) is 0 Å². The van der Waals surface area contributed by atoms with Crippen molar-refractivity contribution in [3.63, 3.8) is 0 Å². The summed E-state index contributed by atoms with van der Waals surface area (Å²) in [6, 6.07) is 0. The highest BCUT2D eigenvalue weighted by Gasteiger charge is 2.46. The molecule has 2 aliphatic rings. The number of fused-ring (bicyclic) bond motifs is 1. The Labute approximate surface area is 104 Å². The van der Waals surface area contributed by atoms with Gasteiger partial charge in [-0.1, -0.05) is 58.1 Å². The van der Waals surface area contributed by atoms with Gasteiger partial charge in [-0.2, -0.15) is 0 Å². The maximum atomic E-state index is 6.50. The summed E-state index contributed by atoms with van der Waals surface area (Å²) in [4.78, 5) is 0. The van der Waals surface area contributed by atoms with Gasteiger partial charge in [-0.05, 0) is 29.6 Å². The third-order valence-electron chi connectivity index (χ3n) is 5.24. The van der Waals surface area contributed by atoms with Crippen LogP contribution in [0.5, 0.6) is 0 Å². The summed E-state index contributed by atoms with van der Waals surface area (Å²) in [5, 5.41) is -0.499. The van der Waals surface area contributed by atoms with Gasteiger partial charge >= 0.3 is 0 Å². The van der Waals surface area contributed by atoms with E-state index in [2.05, 4.69) is 20.8 Å². The van der Waals surface area contributed by atoms with E-state index in [1.165, 1.54) is 38.5 Å². The zero-order valence-corrected chi connectivity index (χ0v) is 11.1. The predicted octanol–water partition coefficient (Wildman–Crippen LogP) is 3.70. The zero-order valence-electron chi connectivity index (χ0n) is 11.1. The minimum Gasteiger partial charge on any atom is -0.0913 e. The van der Waals surface area contributed by atoms with E-state index in [1.807, 2.05) is 0 Å². The van der Waals surface area contributed by atoms with E-state index in [0.717, 1.165) is 11.8 Å². The molecule has 0 aromatic carbocycles. The highest BCUT2D eigenvalue weighted by Crippen LogP contribution is 2.57. The van der Waals surface area contributed by atoms with Gasteiger partial charge in [-0.25, -0.2) is 0 Å². The average molecular weight is 214 g/mol. The molecular weight excluding hydrogens is 190 g/mol. The van der Waals surface area contributed by atoms with Gasteiger partial charge in [0.25, 0.3) is 0 Å². The highest BCUT2D eigenvalue weighted by atomic mass is 14.5. The Morgan fingerprint density at radius 1 is 0.875 bits per heavy atom. The molecule has 0 nitrogen and oxygen atoms in total. The van der Waals surface area contributed by atoms with Gasteiger partial charge < -0.3 is 0 Å². The summed E-state index contributed by atoms with van der Waals surface area (Å²) >= 11 is 0. The van der Waals surface area contributed by atoms with E-state index in [0.29, 0.717) is 5.92 Å². The van der Waals surface area contributed by atoms with Crippen molar-refractivity contribution in [2.75, 3.05) is 0 Å². The Morgan fingerprint density at radius 3 is 2.00 bits per heavy atom. The zero-order chi connectivity index (χ0) is 12.0. The quantitative estimate of drug-likeness (QED) is 0.583. The molecular formula is C14H24B2. The lowest BCUT2D eigenvalue weighted by molar-refractivity contribution is 0.114. The smallest absolute Gasteiger partial charge is 0.0631 e. The van der Waals surface area contributed by atoms with Crippen LogP contribution in [0.2, 0.25) is 5.21 Å². The van der Waals surface area contributed by atoms with E-state index in [9.17, 15) is 0 Å². The van der Waals surface area contributed by atoms with Crippen molar-refractivity contribution in [2.45, 2.75) is 64.5 Å². The summed E-state index contributed by atoms with van der Waals surface area (Å²) in [6.07, 6.45) is 8.17. The lowest BCUT2D eigenvalue weighted by Gasteiger charge is -2.52. The van der Waals surface area contributed by atoms with E-state index < -0.39 is 5.21 Å². The molecule has 0 aliphatic heterocycles. The molecule has 3 atom stereocenters. The van der Waals surface area contributed by atoms with E-state index in [-0.39, 0.29) is 5.41 Å². The SMILES string of the molecule is [B]C([B])(C1CCCC2CCCC21)C(C)(C)C. The van der Waals surface area contributed by atoms with Crippen LogP contribution in [0.15, 0.2) is 0 Å². The second-order valence-corrected chi connectivity index (χ2v) is 7.08. The van der Waals surface area contributed by atoms with Crippen LogP contribution in [0, 0.1) is 23.2 Å². The number of hydrogen-bond acceptors (Lipinski definition) is 0. The number of hydrogen-bond donors (Lipinski definition) is 0. The normalized spacial score (nSPS) is 36.1. The predicted molar refractivity (Wildman–Crippen MR) is 71.8 cm³/mol. The maximum Gasteiger partial charge on any atom is 0.0631 e. The maximum absolute atomic E-state index is 6.50. The van der Waals surface area contributed by atoms with Gasteiger partial charge in [-0.3, -0.25) is 0 Å². The molecule has 0 saturated heterocycles. The lowest BCUT2D eigenvalue weighted by Crippen LogP contribution is -2.43. The third-order valence-corrected chi connectivity index (χ3v) is 5.24. The van der Waals surface area contributed by atoms with Crippen LogP contribution in [0.1, 0.15) is 59.3 Å². The van der Waals surface area contributed by atoms with Crippen molar-refractivity contribution in [1.29, 1.82) is 0 Å². The first-order chi connectivity index (χ1) is 7.34. The highest BCUT2D eigenvalue weighted by molar-refractivity contribution is 6.40. The molecule has 0 aromatic heterocycles. The topological polar surface area (TPSA) is 0 Å². The van der Waals surface area contributed by atoms with E-state index >= 15 is 0 Å². The van der Waals surface area contributed by atoms with Crippen LogP contribution < -0.4 is 0 Å². The van der Waals surface area contributed by atoms with Crippen LogP contribution >= 0.6 is 0 Å². The van der Waals surface area contributed by atoms with Crippen molar-refractivity contribution in [3.8, 4) is 0 Å². The minimum atomic E-state index is -0.499. The Bertz CT molecular complexity index is 252. The van der Waals surface area contributed by atoms with Crippen LogP contribution in [0.25, 0.3) is 0 Å². The molecule has 86 valence electrons. The van der Waals surface area contributed by atoms with Crippen LogP contribution in [-0.2, 0) is 0 Å². The minimum absolute atomic E-state index is 0.00213. The summed E-state index contributed by atoms with van der Waals surface area (Å²) in [6.45, 7) is 6.56. The van der Waals surface area contributed by atoms with E-state index in [1.54, 1.807) is 0 Å². The number of rotatable bonds is 1. The molecule has 0 amide bonds. The lowest BCUT2D eigenvalue weighted by atomic mass is 9.35. The van der Waals surface area contributed by atoms with Crippen molar-refractivity contribution < 1.29 is 0 Å². The van der Waals surface area contributed by atoms with Crippen molar-refractivity contribution in [2.24, 2.45) is 23.2 Å². The third kappa shape index (κ3) is 1.97. The Morgan fingerprint density at radius 2 is 1.44 bits per heavy atom. The second kappa shape index (κ2) is 4.10. The second-order valence-electron chi connectivity index (χ2n) is 7.08. The molecule has 0 bridgehead atoms. The average Bonchev–Trinajstić information content (AvgIpc) is 2.62. The molecule has 0 N–H and O–H groups in total. The molecule has 0 heterocycles. The Balaban J connectivity index is 2.19. The summed E-state index contributed by atoms with van der Waals surface area (Å²) < 4.78 is 0. The monoisotopic (exact) mass is 214 g/mol. The first kappa shape index (κ1) is 12.6. The Kier molecular flexibility index (Phi) is 3.23. The fraction of sp³-hybridized carbons (Fsp3) is 1.00. The van der Waals surface area contributed by atoms with Gasteiger partial charge in [0.15, 0.2) is 0 Å². The van der Waals surface area contributed by atoms with Gasteiger partial charge in [0, 0.05) is 0 Å². The van der Waals surface area contributed by atoms with Gasteiger partial charge in [0.1, 0.15) is 0 Å². The molecule has 4 radical (unpaired) electrons. The Hall–Kier alpha value is 0.130. The molecule has 2 heteroatoms. The van der Waals surface area contributed by atoms with Crippen LogP contribution in [-0.4, -0.2) is 15.7 Å². The molecule has 2 aliphatic carbocycles. The molecule has 0 spiro atoms. The van der Waals surface area contributed by atoms with Gasteiger partial charge in [0.05, 0.1) is 15.7 Å². The fourth-order valence-electron chi connectivity index (χ4n) is 3.92. The molecule has 2 rings (SSSR count). The van der Waals surface area contributed by atoms with Crippen molar-refractivity contribution in [3.05, 3.63) is 0 Å². The standard InChI is InChI=1S/C14H24B2/c1-13(2,3)14(15,16)12-9-5-7-10-6-4-8-11(10)12/h10-12H,4-9H2,1-3H3. The van der Waals surface area contributed by atoms with Crippen LogP contribution in [0.3, 0.4) is 0 Å². The first-order valence-corrected chi connectivity index (χ1v) is 6.92. The molecule has 2 saturated carbocycles. The summed E-state index contributed by atoms with van der Waals surface area (Å²) in [5.41, 5.74) is 0.00213. The van der Waals surface area contributed by atoms with Crippen molar-refractivity contribution in [1.82, 2.24) is 0 Å². The molecule has 3 unspecified atom stereocenters. The summed E-state index contributed by atoms with van der Waals surface area (Å²) in [5.74, 6) is 2.27. The summed E-state index contributed by atoms with van der Waals surface area (Å²) in [7, 11) is 13.0.